The van der Waals surface area contributed by atoms with Gasteiger partial charge in [-0.2, -0.15) is 0 Å². The van der Waals surface area contributed by atoms with Gasteiger partial charge in [-0.3, -0.25) is 9.59 Å². The van der Waals surface area contributed by atoms with Gasteiger partial charge in [-0.15, -0.1) is 0 Å². The van der Waals surface area contributed by atoms with Crippen molar-refractivity contribution < 1.29 is 19.1 Å². The highest BCUT2D eigenvalue weighted by Gasteiger charge is 2.49. The van der Waals surface area contributed by atoms with Crippen molar-refractivity contribution in [3.63, 3.8) is 0 Å². The summed E-state index contributed by atoms with van der Waals surface area (Å²) in [5.74, 6) is -0.402. The summed E-state index contributed by atoms with van der Waals surface area (Å²) in [6.45, 7) is 4.31. The second kappa shape index (κ2) is 6.86. The van der Waals surface area contributed by atoms with Crippen molar-refractivity contribution >= 4 is 17.8 Å². The Kier molecular flexibility index (Phi) is 4.79. The van der Waals surface area contributed by atoms with Crippen LogP contribution in [0.2, 0.25) is 0 Å². The molecule has 6 nitrogen and oxygen atoms in total. The fraction of sp³-hybridized carbons (Fsp3) is 0.526. The Hall–Kier alpha value is -2.37. The minimum absolute atomic E-state index is 0.0892. The van der Waals surface area contributed by atoms with E-state index in [1.807, 2.05) is 0 Å². The fourth-order valence-electron chi connectivity index (χ4n) is 3.40. The second-order valence-corrected chi connectivity index (χ2v) is 7.08. The van der Waals surface area contributed by atoms with Crippen LogP contribution in [0.3, 0.4) is 0 Å². The number of ether oxygens (including phenoxy) is 1. The highest BCUT2D eigenvalue weighted by atomic mass is 16.5. The minimum Gasteiger partial charge on any atom is -0.467 e. The monoisotopic (exact) mass is 344 g/mol. The zero-order chi connectivity index (χ0) is 18.1. The Morgan fingerprint density at radius 1 is 1.24 bits per heavy atom. The first-order valence-corrected chi connectivity index (χ1v) is 8.67. The Bertz CT molecular complexity index is 683. The van der Waals surface area contributed by atoms with Crippen molar-refractivity contribution in [2.24, 2.45) is 5.92 Å². The van der Waals surface area contributed by atoms with Crippen molar-refractivity contribution in [3.05, 3.63) is 35.4 Å². The molecule has 134 valence electrons. The second-order valence-electron chi connectivity index (χ2n) is 7.08. The number of piperazine rings is 1. The van der Waals surface area contributed by atoms with Crippen LogP contribution >= 0.6 is 0 Å². The van der Waals surface area contributed by atoms with Crippen LogP contribution < -0.4 is 5.32 Å². The lowest BCUT2D eigenvalue weighted by atomic mass is 9.99. The van der Waals surface area contributed by atoms with Gasteiger partial charge in [0.05, 0.1) is 7.11 Å². The third-order valence-electron chi connectivity index (χ3n) is 5.08. The van der Waals surface area contributed by atoms with Crippen molar-refractivity contribution in [3.8, 4) is 0 Å². The Labute approximate surface area is 147 Å². The molecule has 1 saturated carbocycles. The molecule has 0 spiro atoms. The maximum Gasteiger partial charge on any atom is 0.330 e. The molecule has 25 heavy (non-hydrogen) atoms. The average molecular weight is 344 g/mol. The maximum atomic E-state index is 12.8. The zero-order valence-corrected chi connectivity index (χ0v) is 14.8. The van der Waals surface area contributed by atoms with Gasteiger partial charge < -0.3 is 15.0 Å². The lowest BCUT2D eigenvalue weighted by molar-refractivity contribution is -0.156. The zero-order valence-electron chi connectivity index (χ0n) is 14.8. The molecule has 2 aliphatic rings. The van der Waals surface area contributed by atoms with Gasteiger partial charge in [0, 0.05) is 12.5 Å². The van der Waals surface area contributed by atoms with Crippen LogP contribution in [0.1, 0.15) is 43.2 Å². The molecule has 1 heterocycles. The summed E-state index contributed by atoms with van der Waals surface area (Å²) in [7, 11) is 1.29. The number of carbonyl (C=O) groups excluding carboxylic acids is 3. The summed E-state index contributed by atoms with van der Waals surface area (Å²) in [6, 6.07) is 7.62. The number of amides is 2. The van der Waals surface area contributed by atoms with E-state index in [4.69, 9.17) is 4.74 Å². The number of esters is 1. The van der Waals surface area contributed by atoms with E-state index in [1.165, 1.54) is 17.6 Å². The van der Waals surface area contributed by atoms with Crippen molar-refractivity contribution in [1.82, 2.24) is 10.2 Å². The van der Waals surface area contributed by atoms with Gasteiger partial charge in [-0.1, -0.05) is 38.1 Å². The number of nitrogens with zero attached hydrogens (tertiary/aromatic N) is 1. The smallest absolute Gasteiger partial charge is 0.330 e. The third kappa shape index (κ3) is 3.52. The molecule has 3 atom stereocenters. The number of carbonyl (C=O) groups is 3. The fourth-order valence-corrected chi connectivity index (χ4v) is 3.40. The number of methoxy groups -OCH3 is 1. The molecule has 1 N–H and O–H groups in total. The van der Waals surface area contributed by atoms with E-state index in [9.17, 15) is 14.4 Å². The van der Waals surface area contributed by atoms with Crippen molar-refractivity contribution in [1.29, 1.82) is 0 Å². The topological polar surface area (TPSA) is 75.7 Å². The Morgan fingerprint density at radius 3 is 2.52 bits per heavy atom. The van der Waals surface area contributed by atoms with Crippen LogP contribution in [0.4, 0.5) is 0 Å². The molecule has 1 aromatic rings. The Morgan fingerprint density at radius 2 is 1.92 bits per heavy atom. The van der Waals surface area contributed by atoms with Gasteiger partial charge in [0.15, 0.2) is 0 Å². The number of benzene rings is 1. The van der Waals surface area contributed by atoms with E-state index < -0.39 is 12.0 Å². The first kappa shape index (κ1) is 17.5. The average Bonchev–Trinajstić information content (AvgIpc) is 3.41. The van der Waals surface area contributed by atoms with E-state index in [-0.39, 0.29) is 36.7 Å². The molecular weight excluding hydrogens is 320 g/mol. The van der Waals surface area contributed by atoms with Crippen LogP contribution in [0.15, 0.2) is 24.3 Å². The molecular formula is C19H24N2O4. The quantitative estimate of drug-likeness (QED) is 0.838. The van der Waals surface area contributed by atoms with Gasteiger partial charge in [0.2, 0.25) is 11.8 Å². The third-order valence-corrected chi connectivity index (χ3v) is 5.08. The van der Waals surface area contributed by atoms with Crippen molar-refractivity contribution in [2.45, 2.75) is 38.1 Å². The SMILES string of the molecule is COC(=O)[C@@H]1CNC(=O)CN1C(=O)[C@H]1C[C@@H]1c1ccc(C(C)C)cc1. The molecule has 0 bridgehead atoms. The van der Waals surface area contributed by atoms with E-state index in [0.29, 0.717) is 5.92 Å². The van der Waals surface area contributed by atoms with E-state index in [1.54, 1.807) is 0 Å². The van der Waals surface area contributed by atoms with Gasteiger partial charge in [0.1, 0.15) is 12.6 Å². The molecule has 1 aliphatic carbocycles. The summed E-state index contributed by atoms with van der Waals surface area (Å²) >= 11 is 0. The Balaban J connectivity index is 1.70. The number of hydrogen-bond acceptors (Lipinski definition) is 4. The predicted octanol–water partition coefficient (Wildman–Crippen LogP) is 1.41. The van der Waals surface area contributed by atoms with Crippen LogP contribution in [-0.2, 0) is 19.1 Å². The first-order chi connectivity index (χ1) is 11.9. The van der Waals surface area contributed by atoms with E-state index in [2.05, 4.69) is 43.4 Å². The van der Waals surface area contributed by atoms with Crippen molar-refractivity contribution in [2.75, 3.05) is 20.2 Å². The molecule has 0 aromatic heterocycles. The largest absolute Gasteiger partial charge is 0.467 e. The summed E-state index contributed by atoms with van der Waals surface area (Å²) in [5, 5.41) is 2.62. The number of rotatable bonds is 4. The molecule has 2 amide bonds. The number of nitrogens with one attached hydrogen (secondary N) is 1. The maximum absolute atomic E-state index is 12.8. The lowest BCUT2D eigenvalue weighted by Gasteiger charge is -2.33. The molecule has 1 aromatic carbocycles. The van der Waals surface area contributed by atoms with Gasteiger partial charge in [-0.25, -0.2) is 4.79 Å². The normalized spacial score (nSPS) is 25.5. The van der Waals surface area contributed by atoms with Crippen LogP contribution in [0.25, 0.3) is 0 Å². The summed E-state index contributed by atoms with van der Waals surface area (Å²) in [5.41, 5.74) is 2.41. The van der Waals surface area contributed by atoms with Crippen LogP contribution in [-0.4, -0.2) is 48.9 Å². The van der Waals surface area contributed by atoms with Crippen LogP contribution in [0, 0.1) is 5.92 Å². The van der Waals surface area contributed by atoms with Gasteiger partial charge in [-0.05, 0) is 29.4 Å². The molecule has 1 saturated heterocycles. The summed E-state index contributed by atoms with van der Waals surface area (Å²) < 4.78 is 4.77. The molecule has 0 radical (unpaired) electrons. The molecule has 2 fully saturated rings. The van der Waals surface area contributed by atoms with Gasteiger partial charge in [0.25, 0.3) is 0 Å². The van der Waals surface area contributed by atoms with Crippen LogP contribution in [0.5, 0.6) is 0 Å². The minimum atomic E-state index is -0.736. The molecule has 0 unspecified atom stereocenters. The summed E-state index contributed by atoms with van der Waals surface area (Å²) in [6.07, 6.45) is 0.756. The lowest BCUT2D eigenvalue weighted by Crippen LogP contribution is -2.60. The standard InChI is InChI=1S/C19H24N2O4/c1-11(2)12-4-6-13(7-5-12)14-8-15(14)18(23)21-10-17(22)20-9-16(21)19(24)25-3/h4-7,11,14-16H,8-10H2,1-3H3,(H,20,22)/t14-,15+,16+/m1/s1. The molecule has 3 rings (SSSR count). The van der Waals surface area contributed by atoms with E-state index >= 15 is 0 Å². The molecule has 1 aliphatic heterocycles. The van der Waals surface area contributed by atoms with Gasteiger partial charge >= 0.3 is 5.97 Å². The highest BCUT2D eigenvalue weighted by molar-refractivity contribution is 5.93. The number of hydrogen-bond donors (Lipinski definition) is 1. The molecule has 6 heteroatoms. The summed E-state index contributed by atoms with van der Waals surface area (Å²) in [4.78, 5) is 37.8. The van der Waals surface area contributed by atoms with E-state index in [0.717, 1.165) is 12.0 Å². The highest BCUT2D eigenvalue weighted by Crippen LogP contribution is 2.48. The first-order valence-electron chi connectivity index (χ1n) is 8.67. The predicted molar refractivity (Wildman–Crippen MR) is 91.9 cm³/mol.